The molecule has 7 heteroatoms. The smallest absolute Gasteiger partial charge is 0.305 e. The molecule has 0 radical (unpaired) electrons. The SMILES string of the molecule is CCc1[nH]c(=O)sc1S(=O)(=O)Cl. The van der Waals surface area contributed by atoms with E-state index in [4.69, 9.17) is 10.7 Å². The lowest BCUT2D eigenvalue weighted by molar-refractivity contribution is 0.610. The van der Waals surface area contributed by atoms with Gasteiger partial charge in [-0.05, 0) is 6.42 Å². The summed E-state index contributed by atoms with van der Waals surface area (Å²) in [5.41, 5.74) is 0.375. The summed E-state index contributed by atoms with van der Waals surface area (Å²) in [4.78, 5) is 12.8. The molecule has 0 aliphatic carbocycles. The molecule has 0 aliphatic heterocycles. The van der Waals surface area contributed by atoms with Crippen LogP contribution in [0.5, 0.6) is 0 Å². The van der Waals surface area contributed by atoms with Crippen LogP contribution in [0.25, 0.3) is 0 Å². The fourth-order valence-corrected chi connectivity index (χ4v) is 3.11. The lowest BCUT2D eigenvalue weighted by Gasteiger charge is -1.92. The number of thiazole rings is 1. The molecule has 0 fully saturated rings. The minimum Gasteiger partial charge on any atom is -0.315 e. The van der Waals surface area contributed by atoms with Crippen molar-refractivity contribution in [1.82, 2.24) is 4.98 Å². The fraction of sp³-hybridized carbons (Fsp3) is 0.400. The van der Waals surface area contributed by atoms with Crippen molar-refractivity contribution in [2.24, 2.45) is 0 Å². The monoisotopic (exact) mass is 227 g/mol. The first-order valence-electron chi connectivity index (χ1n) is 3.11. The molecule has 0 aliphatic rings. The van der Waals surface area contributed by atoms with Crippen molar-refractivity contribution >= 4 is 31.1 Å². The predicted molar refractivity (Wildman–Crippen MR) is 47.4 cm³/mol. The van der Waals surface area contributed by atoms with Crippen molar-refractivity contribution in [2.45, 2.75) is 17.6 Å². The molecule has 1 rings (SSSR count). The van der Waals surface area contributed by atoms with Gasteiger partial charge < -0.3 is 4.98 Å². The second kappa shape index (κ2) is 3.20. The van der Waals surface area contributed by atoms with Gasteiger partial charge in [-0.25, -0.2) is 8.42 Å². The Morgan fingerprint density at radius 3 is 2.50 bits per heavy atom. The van der Waals surface area contributed by atoms with Crippen LogP contribution < -0.4 is 4.87 Å². The highest BCUT2D eigenvalue weighted by Gasteiger charge is 2.18. The first-order valence-corrected chi connectivity index (χ1v) is 6.24. The number of hydrogen-bond donors (Lipinski definition) is 1. The van der Waals surface area contributed by atoms with E-state index in [1.54, 1.807) is 6.92 Å². The fourth-order valence-electron chi connectivity index (χ4n) is 0.775. The first kappa shape index (κ1) is 9.76. The van der Waals surface area contributed by atoms with Crippen LogP contribution in [0.3, 0.4) is 0 Å². The average molecular weight is 228 g/mol. The Morgan fingerprint density at radius 2 is 2.17 bits per heavy atom. The van der Waals surface area contributed by atoms with E-state index in [0.717, 1.165) is 0 Å². The Kier molecular flexibility index (Phi) is 2.60. The van der Waals surface area contributed by atoms with Crippen molar-refractivity contribution in [3.8, 4) is 0 Å². The molecule has 0 aromatic carbocycles. The summed E-state index contributed by atoms with van der Waals surface area (Å²) in [6.45, 7) is 1.74. The van der Waals surface area contributed by atoms with Gasteiger partial charge in [-0.2, -0.15) is 0 Å². The van der Waals surface area contributed by atoms with Crippen LogP contribution in [-0.4, -0.2) is 13.4 Å². The summed E-state index contributed by atoms with van der Waals surface area (Å²) < 4.78 is 21.6. The molecule has 0 spiro atoms. The molecule has 1 N–H and O–H groups in total. The molecule has 0 saturated carbocycles. The summed E-state index contributed by atoms with van der Waals surface area (Å²) in [7, 11) is 1.31. The number of rotatable bonds is 2. The lowest BCUT2D eigenvalue weighted by Crippen LogP contribution is -1.95. The highest BCUT2D eigenvalue weighted by molar-refractivity contribution is 8.15. The number of aryl methyl sites for hydroxylation is 1. The van der Waals surface area contributed by atoms with Crippen LogP contribution >= 0.6 is 22.0 Å². The second-order valence-corrected chi connectivity index (χ2v) is 5.82. The van der Waals surface area contributed by atoms with Crippen molar-refractivity contribution < 1.29 is 8.42 Å². The number of H-pyrrole nitrogens is 1. The topological polar surface area (TPSA) is 67.0 Å². The van der Waals surface area contributed by atoms with E-state index in [1.807, 2.05) is 0 Å². The molecule has 0 atom stereocenters. The molecule has 1 aromatic heterocycles. The minimum absolute atomic E-state index is 0.0725. The molecular weight excluding hydrogens is 222 g/mol. The first-order chi connectivity index (χ1) is 5.45. The van der Waals surface area contributed by atoms with E-state index in [9.17, 15) is 13.2 Å². The van der Waals surface area contributed by atoms with Gasteiger partial charge in [0.05, 0.1) is 0 Å². The van der Waals surface area contributed by atoms with Gasteiger partial charge >= 0.3 is 4.87 Å². The molecule has 0 saturated heterocycles. The molecule has 12 heavy (non-hydrogen) atoms. The Hall–Kier alpha value is -0.330. The molecule has 4 nitrogen and oxygen atoms in total. The van der Waals surface area contributed by atoms with E-state index in [2.05, 4.69) is 4.98 Å². The third-order valence-corrected chi connectivity index (χ3v) is 4.31. The molecule has 68 valence electrons. The maximum atomic E-state index is 10.8. The van der Waals surface area contributed by atoms with E-state index in [0.29, 0.717) is 23.5 Å². The Balaban J connectivity index is 3.43. The lowest BCUT2D eigenvalue weighted by atomic mass is 10.4. The van der Waals surface area contributed by atoms with Gasteiger partial charge in [-0.1, -0.05) is 18.3 Å². The van der Waals surface area contributed by atoms with Crippen LogP contribution in [-0.2, 0) is 15.5 Å². The van der Waals surface area contributed by atoms with Crippen molar-refractivity contribution in [1.29, 1.82) is 0 Å². The van der Waals surface area contributed by atoms with Gasteiger partial charge in [0.2, 0.25) is 0 Å². The van der Waals surface area contributed by atoms with E-state index < -0.39 is 13.9 Å². The number of aromatic amines is 1. The second-order valence-electron chi connectivity index (χ2n) is 2.07. The van der Waals surface area contributed by atoms with Gasteiger partial charge in [0.15, 0.2) is 4.21 Å². The van der Waals surface area contributed by atoms with Crippen LogP contribution in [0.15, 0.2) is 9.00 Å². The summed E-state index contributed by atoms with van der Waals surface area (Å²) in [5.74, 6) is 0. The zero-order valence-electron chi connectivity index (χ0n) is 6.13. The Morgan fingerprint density at radius 1 is 1.58 bits per heavy atom. The molecular formula is C5H6ClNO3S2. The molecule has 0 bridgehead atoms. The van der Waals surface area contributed by atoms with E-state index in [1.165, 1.54) is 0 Å². The molecule has 0 unspecified atom stereocenters. The van der Waals surface area contributed by atoms with E-state index in [-0.39, 0.29) is 4.21 Å². The summed E-state index contributed by atoms with van der Waals surface area (Å²) in [6, 6.07) is 0. The van der Waals surface area contributed by atoms with Crippen LogP contribution in [0, 0.1) is 0 Å². The Labute approximate surface area is 77.6 Å². The van der Waals surface area contributed by atoms with Gasteiger partial charge in [-0.15, -0.1) is 0 Å². The summed E-state index contributed by atoms with van der Waals surface area (Å²) >= 11 is 0.615. The Bertz CT molecular complexity index is 430. The van der Waals surface area contributed by atoms with Crippen molar-refractivity contribution in [3.63, 3.8) is 0 Å². The van der Waals surface area contributed by atoms with Crippen molar-refractivity contribution in [3.05, 3.63) is 15.4 Å². The van der Waals surface area contributed by atoms with E-state index >= 15 is 0 Å². The van der Waals surface area contributed by atoms with Crippen molar-refractivity contribution in [2.75, 3.05) is 0 Å². The molecule has 1 aromatic rings. The van der Waals surface area contributed by atoms with Crippen LogP contribution in [0.1, 0.15) is 12.6 Å². The normalized spacial score (nSPS) is 11.8. The summed E-state index contributed by atoms with van der Waals surface area (Å²) in [5, 5.41) is 0. The molecule has 1 heterocycles. The maximum absolute atomic E-state index is 10.8. The highest BCUT2D eigenvalue weighted by Crippen LogP contribution is 2.21. The third kappa shape index (κ3) is 1.88. The zero-order valence-corrected chi connectivity index (χ0v) is 8.52. The quantitative estimate of drug-likeness (QED) is 0.765. The predicted octanol–water partition coefficient (Wildman–Crippen LogP) is 0.926. The largest absolute Gasteiger partial charge is 0.315 e. The maximum Gasteiger partial charge on any atom is 0.305 e. The standard InChI is InChI=1S/C5H6ClNO3S2/c1-2-3-4(12(6,9)10)11-5(8)7-3/h2H2,1H3,(H,7,8). The van der Waals surface area contributed by atoms with Gasteiger partial charge in [0.25, 0.3) is 9.05 Å². The number of halogens is 1. The third-order valence-electron chi connectivity index (χ3n) is 1.26. The van der Waals surface area contributed by atoms with Gasteiger partial charge in [0.1, 0.15) is 0 Å². The highest BCUT2D eigenvalue weighted by atomic mass is 35.7. The number of nitrogens with one attached hydrogen (secondary N) is 1. The van der Waals surface area contributed by atoms with Crippen LogP contribution in [0.2, 0.25) is 0 Å². The van der Waals surface area contributed by atoms with Gasteiger partial charge in [-0.3, -0.25) is 4.79 Å². The zero-order chi connectivity index (χ0) is 9.35. The minimum atomic E-state index is -3.77. The van der Waals surface area contributed by atoms with Gasteiger partial charge in [0, 0.05) is 16.4 Å². The molecule has 0 amide bonds. The average Bonchev–Trinajstić information content (AvgIpc) is 2.29. The van der Waals surface area contributed by atoms with Crippen LogP contribution in [0.4, 0.5) is 0 Å². The number of aromatic nitrogens is 1. The summed E-state index contributed by atoms with van der Waals surface area (Å²) in [6.07, 6.45) is 0.444. The number of hydrogen-bond acceptors (Lipinski definition) is 4.